The molecule has 0 saturated heterocycles. The predicted octanol–water partition coefficient (Wildman–Crippen LogP) is 2.03. The molecular formula is C11H13NO2. The standard InChI is InChI=1S/C11H13NO2/c1-3-12(8-11(13)14)10-6-4-9(2)5-7-10/h3-7H,1,8H2,2H3,(H,13,14). The van der Waals surface area contributed by atoms with E-state index in [1.165, 1.54) is 6.20 Å². The molecule has 0 aliphatic heterocycles. The summed E-state index contributed by atoms with van der Waals surface area (Å²) in [5.41, 5.74) is 1.99. The van der Waals surface area contributed by atoms with Gasteiger partial charge in [0.2, 0.25) is 0 Å². The number of anilines is 1. The summed E-state index contributed by atoms with van der Waals surface area (Å²) in [5.74, 6) is -0.870. The maximum absolute atomic E-state index is 10.5. The van der Waals surface area contributed by atoms with Crippen LogP contribution in [0.15, 0.2) is 37.0 Å². The van der Waals surface area contributed by atoms with Gasteiger partial charge in [-0.15, -0.1) is 0 Å². The van der Waals surface area contributed by atoms with Crippen molar-refractivity contribution in [2.24, 2.45) is 0 Å². The Balaban J connectivity index is 2.84. The third-order valence-corrected chi connectivity index (χ3v) is 1.89. The van der Waals surface area contributed by atoms with Crippen LogP contribution in [0.3, 0.4) is 0 Å². The second-order valence-corrected chi connectivity index (χ2v) is 3.04. The molecule has 0 aliphatic rings. The van der Waals surface area contributed by atoms with Gasteiger partial charge in [0.05, 0.1) is 0 Å². The zero-order valence-corrected chi connectivity index (χ0v) is 8.10. The van der Waals surface area contributed by atoms with Crippen LogP contribution in [0.1, 0.15) is 5.56 Å². The number of aliphatic carboxylic acids is 1. The molecule has 0 spiro atoms. The van der Waals surface area contributed by atoms with E-state index >= 15 is 0 Å². The van der Waals surface area contributed by atoms with Crippen LogP contribution in [0.4, 0.5) is 5.69 Å². The van der Waals surface area contributed by atoms with Crippen LogP contribution in [0, 0.1) is 6.92 Å². The minimum absolute atomic E-state index is 0.0629. The fourth-order valence-corrected chi connectivity index (χ4v) is 1.14. The molecule has 1 N–H and O–H groups in total. The number of hydrogen-bond acceptors (Lipinski definition) is 2. The van der Waals surface area contributed by atoms with Crippen molar-refractivity contribution in [1.82, 2.24) is 0 Å². The number of carboxylic acids is 1. The lowest BCUT2D eigenvalue weighted by Gasteiger charge is -2.17. The van der Waals surface area contributed by atoms with Crippen LogP contribution in [0.5, 0.6) is 0 Å². The van der Waals surface area contributed by atoms with Gasteiger partial charge in [0, 0.05) is 5.69 Å². The molecule has 0 fully saturated rings. The number of rotatable bonds is 4. The first kappa shape index (κ1) is 10.3. The number of nitrogens with zero attached hydrogens (tertiary/aromatic N) is 1. The molecule has 3 nitrogen and oxygen atoms in total. The Morgan fingerprint density at radius 2 is 2.07 bits per heavy atom. The second-order valence-electron chi connectivity index (χ2n) is 3.04. The molecular weight excluding hydrogens is 178 g/mol. The molecule has 1 aromatic carbocycles. The van der Waals surface area contributed by atoms with Crippen molar-refractivity contribution >= 4 is 11.7 Å². The normalized spacial score (nSPS) is 9.50. The Morgan fingerprint density at radius 1 is 1.50 bits per heavy atom. The maximum Gasteiger partial charge on any atom is 0.323 e. The minimum Gasteiger partial charge on any atom is -0.480 e. The lowest BCUT2D eigenvalue weighted by molar-refractivity contribution is -0.135. The quantitative estimate of drug-likeness (QED) is 0.791. The minimum atomic E-state index is -0.870. The third-order valence-electron chi connectivity index (χ3n) is 1.89. The molecule has 0 aromatic heterocycles. The van der Waals surface area contributed by atoms with Crippen molar-refractivity contribution < 1.29 is 9.90 Å². The summed E-state index contributed by atoms with van der Waals surface area (Å²) in [7, 11) is 0. The van der Waals surface area contributed by atoms with Crippen molar-refractivity contribution in [3.8, 4) is 0 Å². The molecule has 0 heterocycles. The highest BCUT2D eigenvalue weighted by atomic mass is 16.4. The average Bonchev–Trinajstić information content (AvgIpc) is 2.15. The zero-order chi connectivity index (χ0) is 10.6. The van der Waals surface area contributed by atoms with Gasteiger partial charge in [0.15, 0.2) is 0 Å². The van der Waals surface area contributed by atoms with Crippen LogP contribution in [-0.2, 0) is 4.79 Å². The molecule has 0 aliphatic carbocycles. The van der Waals surface area contributed by atoms with E-state index in [-0.39, 0.29) is 6.54 Å². The second kappa shape index (κ2) is 4.46. The van der Waals surface area contributed by atoms with Crippen LogP contribution in [0.2, 0.25) is 0 Å². The molecule has 0 bridgehead atoms. The summed E-state index contributed by atoms with van der Waals surface area (Å²) in [6.07, 6.45) is 1.51. The Hall–Kier alpha value is -1.77. The van der Waals surface area contributed by atoms with E-state index < -0.39 is 5.97 Å². The van der Waals surface area contributed by atoms with E-state index in [4.69, 9.17) is 5.11 Å². The highest BCUT2D eigenvalue weighted by Gasteiger charge is 2.06. The lowest BCUT2D eigenvalue weighted by Crippen LogP contribution is -2.23. The van der Waals surface area contributed by atoms with Gasteiger partial charge in [0.1, 0.15) is 6.54 Å². The molecule has 1 rings (SSSR count). The summed E-state index contributed by atoms with van der Waals surface area (Å²) in [6.45, 7) is 5.50. The maximum atomic E-state index is 10.5. The van der Waals surface area contributed by atoms with E-state index in [9.17, 15) is 4.79 Å². The topological polar surface area (TPSA) is 40.5 Å². The third kappa shape index (κ3) is 2.62. The Kier molecular flexibility index (Phi) is 3.29. The van der Waals surface area contributed by atoms with E-state index in [0.717, 1.165) is 11.3 Å². The van der Waals surface area contributed by atoms with Crippen molar-refractivity contribution in [1.29, 1.82) is 0 Å². The van der Waals surface area contributed by atoms with Crippen molar-refractivity contribution in [3.05, 3.63) is 42.6 Å². The largest absolute Gasteiger partial charge is 0.480 e. The molecule has 0 unspecified atom stereocenters. The highest BCUT2D eigenvalue weighted by Crippen LogP contribution is 2.14. The molecule has 14 heavy (non-hydrogen) atoms. The Labute approximate surface area is 83.3 Å². The van der Waals surface area contributed by atoms with Gasteiger partial charge in [-0.25, -0.2) is 0 Å². The summed E-state index contributed by atoms with van der Waals surface area (Å²) in [4.78, 5) is 12.1. The van der Waals surface area contributed by atoms with Crippen molar-refractivity contribution in [3.63, 3.8) is 0 Å². The number of carbonyl (C=O) groups is 1. The summed E-state index contributed by atoms with van der Waals surface area (Å²) >= 11 is 0. The van der Waals surface area contributed by atoms with Crippen LogP contribution in [0.25, 0.3) is 0 Å². The average molecular weight is 191 g/mol. The Bertz CT molecular complexity index is 330. The number of carboxylic acid groups (broad SMARTS) is 1. The predicted molar refractivity (Wildman–Crippen MR) is 56.4 cm³/mol. The SMILES string of the molecule is C=CN(CC(=O)O)c1ccc(C)cc1. The molecule has 0 saturated carbocycles. The van der Waals surface area contributed by atoms with Crippen molar-refractivity contribution in [2.75, 3.05) is 11.4 Å². The van der Waals surface area contributed by atoms with E-state index in [2.05, 4.69) is 6.58 Å². The van der Waals surface area contributed by atoms with Gasteiger partial charge in [-0.3, -0.25) is 4.79 Å². The molecule has 0 amide bonds. The van der Waals surface area contributed by atoms with Gasteiger partial charge in [-0.2, -0.15) is 0 Å². The zero-order valence-electron chi connectivity index (χ0n) is 8.10. The monoisotopic (exact) mass is 191 g/mol. The molecule has 3 heteroatoms. The van der Waals surface area contributed by atoms with Crippen LogP contribution >= 0.6 is 0 Å². The lowest BCUT2D eigenvalue weighted by atomic mass is 10.2. The number of aryl methyl sites for hydroxylation is 1. The summed E-state index contributed by atoms with van der Waals surface area (Å²) in [5, 5.41) is 8.64. The van der Waals surface area contributed by atoms with Gasteiger partial charge in [-0.05, 0) is 25.3 Å². The smallest absolute Gasteiger partial charge is 0.323 e. The first-order valence-electron chi connectivity index (χ1n) is 4.31. The summed E-state index contributed by atoms with van der Waals surface area (Å²) in [6, 6.07) is 7.63. The van der Waals surface area contributed by atoms with Gasteiger partial charge in [0.25, 0.3) is 0 Å². The van der Waals surface area contributed by atoms with Crippen molar-refractivity contribution in [2.45, 2.75) is 6.92 Å². The molecule has 0 atom stereocenters. The van der Waals surface area contributed by atoms with Crippen LogP contribution in [-0.4, -0.2) is 17.6 Å². The fraction of sp³-hybridized carbons (Fsp3) is 0.182. The Morgan fingerprint density at radius 3 is 2.50 bits per heavy atom. The summed E-state index contributed by atoms with van der Waals surface area (Å²) < 4.78 is 0. The first-order valence-corrected chi connectivity index (χ1v) is 4.31. The number of benzene rings is 1. The fourth-order valence-electron chi connectivity index (χ4n) is 1.14. The van der Waals surface area contributed by atoms with Crippen LogP contribution < -0.4 is 4.90 Å². The van der Waals surface area contributed by atoms with E-state index in [1.54, 1.807) is 4.90 Å². The van der Waals surface area contributed by atoms with Gasteiger partial charge in [-0.1, -0.05) is 24.3 Å². The molecule has 1 aromatic rings. The van der Waals surface area contributed by atoms with Gasteiger partial charge < -0.3 is 10.0 Å². The van der Waals surface area contributed by atoms with Gasteiger partial charge >= 0.3 is 5.97 Å². The van der Waals surface area contributed by atoms with E-state index in [0.29, 0.717) is 0 Å². The highest BCUT2D eigenvalue weighted by molar-refractivity contribution is 5.74. The van der Waals surface area contributed by atoms with E-state index in [1.807, 2.05) is 31.2 Å². The molecule has 74 valence electrons. The number of hydrogen-bond donors (Lipinski definition) is 1. The molecule has 0 radical (unpaired) electrons. The first-order chi connectivity index (χ1) is 6.63.